The van der Waals surface area contributed by atoms with Crippen LogP contribution in [0.2, 0.25) is 0 Å². The van der Waals surface area contributed by atoms with E-state index in [1.165, 1.54) is 0 Å². The Bertz CT molecular complexity index is 3090. The summed E-state index contributed by atoms with van der Waals surface area (Å²) >= 11 is 0. The van der Waals surface area contributed by atoms with Crippen molar-refractivity contribution in [3.63, 3.8) is 0 Å². The molecule has 226 valence electrons. The molecule has 7 aromatic carbocycles. The maximum absolute atomic E-state index is 9.76. The molecule has 0 atom stereocenters. The lowest BCUT2D eigenvalue weighted by atomic mass is 9.95. The number of benzene rings is 7. The molecule has 0 radical (unpaired) electrons. The molecule has 0 bridgehead atoms. The summed E-state index contributed by atoms with van der Waals surface area (Å²) in [6, 6.07) is 51.6. The van der Waals surface area contributed by atoms with Crippen molar-refractivity contribution in [1.82, 2.24) is 4.57 Å². The van der Waals surface area contributed by atoms with Gasteiger partial charge in [-0.2, -0.15) is 10.5 Å². The van der Waals surface area contributed by atoms with Crippen LogP contribution in [0.5, 0.6) is 0 Å². The number of nitriles is 2. The average Bonchev–Trinajstić information content (AvgIpc) is 3.82. The van der Waals surface area contributed by atoms with Crippen molar-refractivity contribution in [1.29, 1.82) is 10.5 Å². The van der Waals surface area contributed by atoms with E-state index in [9.17, 15) is 10.5 Å². The summed E-state index contributed by atoms with van der Waals surface area (Å²) < 4.78 is 15.1. The van der Waals surface area contributed by atoms with Gasteiger partial charge in [0.05, 0.1) is 34.3 Å². The van der Waals surface area contributed by atoms with Crippen molar-refractivity contribution in [3.05, 3.63) is 151 Å². The summed E-state index contributed by atoms with van der Waals surface area (Å²) in [6.45, 7) is 0. The number of hydrogen-bond donors (Lipinski definition) is 0. The average molecular weight is 626 g/mol. The highest BCUT2D eigenvalue weighted by Crippen LogP contribution is 2.42. The Hall–Kier alpha value is -7.08. The van der Waals surface area contributed by atoms with Gasteiger partial charge >= 0.3 is 0 Å². The van der Waals surface area contributed by atoms with Gasteiger partial charge < -0.3 is 13.4 Å². The van der Waals surface area contributed by atoms with Crippen LogP contribution in [0.15, 0.2) is 148 Å². The van der Waals surface area contributed by atoms with Crippen LogP contribution >= 0.6 is 0 Å². The summed E-state index contributed by atoms with van der Waals surface area (Å²) in [5.74, 6) is 0. The molecule has 5 nitrogen and oxygen atoms in total. The number of fused-ring (bicyclic) bond motifs is 9. The monoisotopic (exact) mass is 625 g/mol. The fraction of sp³-hybridized carbons (Fsp3) is 0. The third kappa shape index (κ3) is 4.04. The maximum atomic E-state index is 9.76. The van der Waals surface area contributed by atoms with Gasteiger partial charge in [0, 0.05) is 43.6 Å². The van der Waals surface area contributed by atoms with E-state index in [4.69, 9.17) is 8.83 Å². The molecule has 0 aliphatic carbocycles. The highest BCUT2D eigenvalue weighted by atomic mass is 16.3. The predicted molar refractivity (Wildman–Crippen MR) is 196 cm³/mol. The van der Waals surface area contributed by atoms with Crippen molar-refractivity contribution < 1.29 is 8.83 Å². The highest BCUT2D eigenvalue weighted by molar-refractivity contribution is 6.17. The molecule has 0 saturated carbocycles. The van der Waals surface area contributed by atoms with Crippen LogP contribution in [0, 0.1) is 22.7 Å². The van der Waals surface area contributed by atoms with Gasteiger partial charge in [-0.25, -0.2) is 0 Å². The van der Waals surface area contributed by atoms with E-state index in [2.05, 4.69) is 83.4 Å². The number of nitrogens with zero attached hydrogens (tertiary/aromatic N) is 3. The molecule has 49 heavy (non-hydrogen) atoms. The van der Waals surface area contributed by atoms with Crippen LogP contribution < -0.4 is 0 Å². The molecular formula is C44H23N3O2. The van der Waals surface area contributed by atoms with E-state index < -0.39 is 0 Å². The Morgan fingerprint density at radius 2 is 1.16 bits per heavy atom. The van der Waals surface area contributed by atoms with E-state index in [1.54, 1.807) is 6.07 Å². The molecule has 3 aromatic heterocycles. The summed E-state index contributed by atoms with van der Waals surface area (Å²) in [5.41, 5.74) is 11.4. The first-order valence-electron chi connectivity index (χ1n) is 16.0. The third-order valence-electron chi connectivity index (χ3n) is 9.61. The lowest BCUT2D eigenvalue weighted by molar-refractivity contribution is 0.669. The van der Waals surface area contributed by atoms with Crippen LogP contribution in [0.3, 0.4) is 0 Å². The van der Waals surface area contributed by atoms with E-state index in [0.29, 0.717) is 11.1 Å². The number of aromatic nitrogens is 1. The largest absolute Gasteiger partial charge is 0.456 e. The van der Waals surface area contributed by atoms with Gasteiger partial charge in [0.1, 0.15) is 22.3 Å². The van der Waals surface area contributed by atoms with Gasteiger partial charge in [-0.3, -0.25) is 0 Å². The van der Waals surface area contributed by atoms with Crippen molar-refractivity contribution >= 4 is 65.7 Å². The smallest absolute Gasteiger partial charge is 0.143 e. The predicted octanol–water partition coefficient (Wildman–Crippen LogP) is 11.7. The van der Waals surface area contributed by atoms with Crippen molar-refractivity contribution in [2.24, 2.45) is 0 Å². The summed E-state index contributed by atoms with van der Waals surface area (Å²) in [7, 11) is 0. The number of furan rings is 2. The zero-order chi connectivity index (χ0) is 32.6. The number of rotatable bonds is 3. The Kier molecular flexibility index (Phi) is 5.64. The minimum absolute atomic E-state index is 0.591. The minimum Gasteiger partial charge on any atom is -0.456 e. The van der Waals surface area contributed by atoms with Gasteiger partial charge in [-0.15, -0.1) is 0 Å². The van der Waals surface area contributed by atoms with E-state index in [0.717, 1.165) is 93.6 Å². The highest BCUT2D eigenvalue weighted by Gasteiger charge is 2.19. The molecule has 0 aliphatic rings. The minimum atomic E-state index is 0.591. The standard InChI is InChI=1S/C44H23N3O2/c45-24-26-7-5-8-28(17-26)29-19-30(32-11-6-12-35-37-18-27(25-46)15-16-42(37)49-44(32)35)21-31(20-29)47-39-13-3-1-9-33(39)36-23-43-38(22-40(36)47)34-10-2-4-14-41(34)48-43/h1-23H. The van der Waals surface area contributed by atoms with E-state index >= 15 is 0 Å². The van der Waals surface area contributed by atoms with Crippen molar-refractivity contribution in [2.45, 2.75) is 0 Å². The molecular weight excluding hydrogens is 603 g/mol. The van der Waals surface area contributed by atoms with Crippen molar-refractivity contribution in [2.75, 3.05) is 0 Å². The van der Waals surface area contributed by atoms with Gasteiger partial charge in [-0.1, -0.05) is 66.7 Å². The second-order valence-corrected chi connectivity index (χ2v) is 12.4. The molecule has 10 rings (SSSR count). The fourth-order valence-electron chi connectivity index (χ4n) is 7.39. The Labute approximate surface area is 279 Å². The Balaban J connectivity index is 1.30. The van der Waals surface area contributed by atoms with Crippen LogP contribution in [-0.4, -0.2) is 4.57 Å². The fourth-order valence-corrected chi connectivity index (χ4v) is 7.39. The van der Waals surface area contributed by atoms with E-state index in [1.807, 2.05) is 66.7 Å². The lowest BCUT2D eigenvalue weighted by Crippen LogP contribution is -1.96. The van der Waals surface area contributed by atoms with Gasteiger partial charge in [0.2, 0.25) is 0 Å². The summed E-state index contributed by atoms with van der Waals surface area (Å²) in [4.78, 5) is 0. The maximum Gasteiger partial charge on any atom is 0.143 e. The molecule has 0 fully saturated rings. The number of hydrogen-bond acceptors (Lipinski definition) is 4. The molecule has 0 unspecified atom stereocenters. The van der Waals surface area contributed by atoms with Crippen LogP contribution in [-0.2, 0) is 0 Å². The molecule has 3 heterocycles. The topological polar surface area (TPSA) is 78.8 Å². The third-order valence-corrected chi connectivity index (χ3v) is 9.61. The van der Waals surface area contributed by atoms with Gasteiger partial charge in [0.25, 0.3) is 0 Å². The summed E-state index contributed by atoms with van der Waals surface area (Å²) in [6.07, 6.45) is 0. The molecule has 5 heteroatoms. The first kappa shape index (κ1) is 27.1. The van der Waals surface area contributed by atoms with Gasteiger partial charge in [0.15, 0.2) is 0 Å². The molecule has 0 amide bonds. The summed E-state index contributed by atoms with van der Waals surface area (Å²) in [5, 5.41) is 25.6. The zero-order valence-electron chi connectivity index (χ0n) is 25.9. The molecule has 0 aliphatic heterocycles. The molecule has 0 saturated heterocycles. The Morgan fingerprint density at radius 3 is 2.06 bits per heavy atom. The quantitative estimate of drug-likeness (QED) is 0.196. The van der Waals surface area contributed by atoms with Crippen LogP contribution in [0.1, 0.15) is 11.1 Å². The SMILES string of the molecule is N#Cc1cccc(-c2cc(-c3cccc4c3oc3ccc(C#N)cc34)cc(-n3c4ccccc4c4cc5oc6ccccc6c5cc43)c2)c1. The zero-order valence-corrected chi connectivity index (χ0v) is 25.9. The van der Waals surface area contributed by atoms with Crippen molar-refractivity contribution in [3.8, 4) is 40.1 Å². The van der Waals surface area contributed by atoms with Crippen LogP contribution in [0.25, 0.3) is 93.6 Å². The number of para-hydroxylation sites is 3. The molecule has 0 spiro atoms. The van der Waals surface area contributed by atoms with Crippen LogP contribution in [0.4, 0.5) is 0 Å². The molecule has 0 N–H and O–H groups in total. The second kappa shape index (κ2) is 10.2. The lowest BCUT2D eigenvalue weighted by Gasteiger charge is -2.14. The normalized spacial score (nSPS) is 11.6. The molecule has 10 aromatic rings. The first-order chi connectivity index (χ1) is 24.2. The van der Waals surface area contributed by atoms with Gasteiger partial charge in [-0.05, 0) is 89.5 Å². The first-order valence-corrected chi connectivity index (χ1v) is 16.0. The van der Waals surface area contributed by atoms with E-state index in [-0.39, 0.29) is 0 Å². The second-order valence-electron chi connectivity index (χ2n) is 12.4. The Morgan fingerprint density at radius 1 is 0.429 bits per heavy atom.